The van der Waals surface area contributed by atoms with Gasteiger partial charge in [0.15, 0.2) is 0 Å². The molecule has 0 saturated carbocycles. The number of hydrogen-bond acceptors (Lipinski definition) is 3. The minimum absolute atomic E-state index is 0.462. The third-order valence-electron chi connectivity index (χ3n) is 1.96. The number of benzene rings is 1. The Morgan fingerprint density at radius 1 is 1.38 bits per heavy atom. The lowest BCUT2D eigenvalue weighted by Gasteiger charge is -2.06. The number of aromatic nitrogens is 1. The maximum atomic E-state index is 11.8. The minimum atomic E-state index is -4.58. The number of hydrogen-bond donors (Lipinski definition) is 0. The van der Waals surface area contributed by atoms with Crippen LogP contribution in [0.2, 0.25) is 0 Å². The van der Waals surface area contributed by atoms with Gasteiger partial charge in [0.2, 0.25) is 0 Å². The largest absolute Gasteiger partial charge is 0.522 e. The van der Waals surface area contributed by atoms with Crippen LogP contribution in [0.4, 0.5) is 13.2 Å². The summed E-state index contributed by atoms with van der Waals surface area (Å²) in [5.74, 6) is 0. The maximum Gasteiger partial charge on any atom is 0.522 e. The zero-order valence-electron chi connectivity index (χ0n) is 8.34. The molecule has 0 aliphatic carbocycles. The first kappa shape index (κ1) is 11.3. The van der Waals surface area contributed by atoms with E-state index in [0.29, 0.717) is 5.56 Å². The SMILES string of the molecule is Cc1nc2ccc(COC(F)(F)F)cc2s1. The predicted octanol–water partition coefficient (Wildman–Crippen LogP) is 3.64. The molecule has 86 valence electrons. The van der Waals surface area contributed by atoms with Crippen molar-refractivity contribution in [3.63, 3.8) is 0 Å². The van der Waals surface area contributed by atoms with E-state index >= 15 is 0 Å². The molecule has 0 N–H and O–H groups in total. The molecular formula is C10H8F3NOS. The number of ether oxygens (including phenoxy) is 1. The van der Waals surface area contributed by atoms with Crippen LogP contribution in [0.25, 0.3) is 10.2 Å². The minimum Gasteiger partial charge on any atom is -0.287 e. The highest BCUT2D eigenvalue weighted by atomic mass is 32.1. The fourth-order valence-electron chi connectivity index (χ4n) is 1.34. The van der Waals surface area contributed by atoms with Crippen molar-refractivity contribution in [3.8, 4) is 0 Å². The zero-order chi connectivity index (χ0) is 11.8. The van der Waals surface area contributed by atoms with Crippen molar-refractivity contribution in [2.24, 2.45) is 0 Å². The molecule has 0 unspecified atom stereocenters. The number of aryl methyl sites for hydroxylation is 1. The van der Waals surface area contributed by atoms with Crippen molar-refractivity contribution in [3.05, 3.63) is 28.8 Å². The van der Waals surface area contributed by atoms with Gasteiger partial charge in [0, 0.05) is 0 Å². The maximum absolute atomic E-state index is 11.8. The molecule has 1 aromatic heterocycles. The molecule has 0 radical (unpaired) electrons. The molecule has 16 heavy (non-hydrogen) atoms. The molecule has 0 bridgehead atoms. The van der Waals surface area contributed by atoms with Crippen molar-refractivity contribution in [2.75, 3.05) is 0 Å². The second kappa shape index (κ2) is 4.03. The van der Waals surface area contributed by atoms with Gasteiger partial charge in [0.1, 0.15) is 0 Å². The van der Waals surface area contributed by atoms with E-state index < -0.39 is 13.0 Å². The summed E-state index contributed by atoms with van der Waals surface area (Å²) in [6, 6.07) is 4.97. The average Bonchev–Trinajstić information content (AvgIpc) is 2.52. The number of thiazole rings is 1. The van der Waals surface area contributed by atoms with Crippen LogP contribution in [0, 0.1) is 6.92 Å². The first-order valence-corrected chi connectivity index (χ1v) is 5.32. The second-order valence-electron chi connectivity index (χ2n) is 3.27. The molecule has 0 fully saturated rings. The Morgan fingerprint density at radius 3 is 2.81 bits per heavy atom. The van der Waals surface area contributed by atoms with Crippen molar-refractivity contribution >= 4 is 21.6 Å². The van der Waals surface area contributed by atoms with E-state index in [-0.39, 0.29) is 0 Å². The van der Waals surface area contributed by atoms with Gasteiger partial charge in [-0.2, -0.15) is 0 Å². The van der Waals surface area contributed by atoms with Crippen molar-refractivity contribution in [2.45, 2.75) is 19.9 Å². The van der Waals surface area contributed by atoms with E-state index in [4.69, 9.17) is 0 Å². The van der Waals surface area contributed by atoms with Crippen molar-refractivity contribution in [1.82, 2.24) is 4.98 Å². The molecule has 0 atom stereocenters. The Bertz CT molecular complexity index is 506. The number of halogens is 3. The number of rotatable bonds is 2. The second-order valence-corrected chi connectivity index (χ2v) is 4.50. The summed E-state index contributed by atoms with van der Waals surface area (Å²) in [5.41, 5.74) is 1.30. The van der Waals surface area contributed by atoms with Crippen LogP contribution in [-0.2, 0) is 11.3 Å². The van der Waals surface area contributed by atoms with Crippen LogP contribution in [0.5, 0.6) is 0 Å². The van der Waals surface area contributed by atoms with Gasteiger partial charge in [-0.1, -0.05) is 6.07 Å². The molecule has 1 aromatic carbocycles. The molecule has 1 heterocycles. The monoisotopic (exact) mass is 247 g/mol. The summed E-state index contributed by atoms with van der Waals surface area (Å²) < 4.78 is 40.1. The first-order chi connectivity index (χ1) is 7.44. The Balaban J connectivity index is 2.19. The number of nitrogens with zero attached hydrogens (tertiary/aromatic N) is 1. The third kappa shape index (κ3) is 2.70. The lowest BCUT2D eigenvalue weighted by molar-refractivity contribution is -0.330. The quantitative estimate of drug-likeness (QED) is 0.808. The highest BCUT2D eigenvalue weighted by Crippen LogP contribution is 2.24. The van der Waals surface area contributed by atoms with E-state index in [9.17, 15) is 13.2 Å². The highest BCUT2D eigenvalue weighted by Gasteiger charge is 2.28. The van der Waals surface area contributed by atoms with E-state index in [1.165, 1.54) is 11.3 Å². The molecule has 2 nitrogen and oxygen atoms in total. The standard InChI is InChI=1S/C10H8F3NOS/c1-6-14-8-3-2-7(4-9(8)16-6)5-15-10(11,12)13/h2-4H,5H2,1H3. The smallest absolute Gasteiger partial charge is 0.287 e. The summed E-state index contributed by atoms with van der Waals surface area (Å²) in [6.45, 7) is 1.40. The molecule has 0 saturated heterocycles. The van der Waals surface area contributed by atoms with Gasteiger partial charge in [-0.15, -0.1) is 24.5 Å². The fourth-order valence-corrected chi connectivity index (χ4v) is 2.23. The van der Waals surface area contributed by atoms with Crippen LogP contribution in [0.15, 0.2) is 18.2 Å². The fraction of sp³-hybridized carbons (Fsp3) is 0.300. The molecule has 0 amide bonds. The number of alkyl halides is 3. The highest BCUT2D eigenvalue weighted by molar-refractivity contribution is 7.18. The van der Waals surface area contributed by atoms with Crippen LogP contribution in [0.3, 0.4) is 0 Å². The van der Waals surface area contributed by atoms with E-state index in [0.717, 1.165) is 15.2 Å². The van der Waals surface area contributed by atoms with Gasteiger partial charge >= 0.3 is 6.36 Å². The molecule has 6 heteroatoms. The van der Waals surface area contributed by atoms with Gasteiger partial charge in [-0.3, -0.25) is 4.74 Å². The zero-order valence-corrected chi connectivity index (χ0v) is 9.15. The topological polar surface area (TPSA) is 22.1 Å². The molecule has 0 spiro atoms. The predicted molar refractivity (Wildman–Crippen MR) is 55.2 cm³/mol. The van der Waals surface area contributed by atoms with E-state index in [1.54, 1.807) is 18.2 Å². The Kier molecular flexibility index (Phi) is 2.86. The summed E-state index contributed by atoms with van der Waals surface area (Å²) in [4.78, 5) is 4.22. The summed E-state index contributed by atoms with van der Waals surface area (Å²) in [6.07, 6.45) is -4.58. The normalized spacial score (nSPS) is 12.2. The lowest BCUT2D eigenvalue weighted by atomic mass is 10.2. The van der Waals surface area contributed by atoms with Crippen LogP contribution in [0.1, 0.15) is 10.6 Å². The number of fused-ring (bicyclic) bond motifs is 1. The Morgan fingerprint density at radius 2 is 2.12 bits per heavy atom. The molecule has 2 aromatic rings. The Hall–Kier alpha value is -1.14. The molecule has 0 aliphatic heterocycles. The van der Waals surface area contributed by atoms with Gasteiger partial charge in [-0.25, -0.2) is 4.98 Å². The third-order valence-corrected chi connectivity index (χ3v) is 2.90. The van der Waals surface area contributed by atoms with Crippen LogP contribution < -0.4 is 0 Å². The summed E-state index contributed by atoms with van der Waals surface area (Å²) in [5, 5.41) is 0.892. The molecular weight excluding hydrogens is 239 g/mol. The van der Waals surface area contributed by atoms with Crippen LogP contribution >= 0.6 is 11.3 Å². The van der Waals surface area contributed by atoms with E-state index in [2.05, 4.69) is 9.72 Å². The summed E-state index contributed by atoms with van der Waals surface area (Å²) >= 11 is 1.45. The van der Waals surface area contributed by atoms with E-state index in [1.807, 2.05) is 6.92 Å². The van der Waals surface area contributed by atoms with Gasteiger partial charge < -0.3 is 0 Å². The summed E-state index contributed by atoms with van der Waals surface area (Å²) in [7, 11) is 0. The van der Waals surface area contributed by atoms with Gasteiger partial charge in [-0.05, 0) is 24.6 Å². The molecule has 2 rings (SSSR count). The Labute approximate surface area is 93.7 Å². The van der Waals surface area contributed by atoms with Crippen molar-refractivity contribution < 1.29 is 17.9 Å². The first-order valence-electron chi connectivity index (χ1n) is 4.51. The van der Waals surface area contributed by atoms with Gasteiger partial charge in [0.05, 0.1) is 21.8 Å². The average molecular weight is 247 g/mol. The molecule has 0 aliphatic rings. The van der Waals surface area contributed by atoms with Gasteiger partial charge in [0.25, 0.3) is 0 Å². The lowest BCUT2D eigenvalue weighted by Crippen LogP contribution is -2.12. The van der Waals surface area contributed by atoms with Crippen molar-refractivity contribution in [1.29, 1.82) is 0 Å². The van der Waals surface area contributed by atoms with Crippen LogP contribution in [-0.4, -0.2) is 11.3 Å².